The van der Waals surface area contributed by atoms with E-state index in [-0.39, 0.29) is 0 Å². The maximum Gasteiger partial charge on any atom is 0.0314 e. The molecule has 0 aromatic carbocycles. The molecule has 3 heteroatoms. The first-order valence-corrected chi connectivity index (χ1v) is 7.74. The Bertz CT molecular complexity index is 328. The molecule has 2 rings (SSSR count). The summed E-state index contributed by atoms with van der Waals surface area (Å²) in [5.41, 5.74) is 0. The zero-order valence-electron chi connectivity index (χ0n) is 10.1. The minimum Gasteiger partial charge on any atom is -0.309 e. The van der Waals surface area contributed by atoms with Crippen molar-refractivity contribution in [3.05, 3.63) is 20.3 Å². The van der Waals surface area contributed by atoms with Crippen LogP contribution >= 0.6 is 27.3 Å². The molecule has 2 unspecified atom stereocenters. The van der Waals surface area contributed by atoms with Crippen LogP contribution in [0.15, 0.2) is 10.5 Å². The molecule has 0 bridgehead atoms. The Morgan fingerprint density at radius 2 is 2.31 bits per heavy atom. The lowest BCUT2D eigenvalue weighted by molar-refractivity contribution is 0.301. The van der Waals surface area contributed by atoms with Gasteiger partial charge in [-0.1, -0.05) is 19.8 Å². The Morgan fingerprint density at radius 3 is 2.94 bits per heavy atom. The summed E-state index contributed by atoms with van der Waals surface area (Å²) in [5, 5.41) is 3.70. The van der Waals surface area contributed by atoms with E-state index in [1.165, 1.54) is 39.9 Å². The molecule has 2 atom stereocenters. The smallest absolute Gasteiger partial charge is 0.0314 e. The van der Waals surface area contributed by atoms with Crippen LogP contribution in [-0.2, 0) is 6.54 Å². The average Bonchev–Trinajstić information content (AvgIpc) is 2.56. The van der Waals surface area contributed by atoms with Gasteiger partial charge in [-0.15, -0.1) is 11.3 Å². The Morgan fingerprint density at radius 1 is 1.50 bits per heavy atom. The second-order valence-corrected chi connectivity index (χ2v) is 7.16. The number of hydrogen-bond donors (Lipinski definition) is 1. The van der Waals surface area contributed by atoms with Gasteiger partial charge < -0.3 is 5.32 Å². The lowest BCUT2D eigenvalue weighted by Gasteiger charge is -2.27. The predicted molar refractivity (Wildman–Crippen MR) is 75.0 cm³/mol. The predicted octanol–water partition coefficient (Wildman–Crippen LogP) is 4.49. The van der Waals surface area contributed by atoms with Crippen LogP contribution in [0.4, 0.5) is 0 Å². The van der Waals surface area contributed by atoms with Gasteiger partial charge in [0.2, 0.25) is 0 Å². The molecule has 0 spiro atoms. The van der Waals surface area contributed by atoms with Crippen molar-refractivity contribution in [2.24, 2.45) is 5.92 Å². The largest absolute Gasteiger partial charge is 0.309 e. The van der Waals surface area contributed by atoms with E-state index in [4.69, 9.17) is 0 Å². The maximum atomic E-state index is 3.70. The fraction of sp³-hybridized carbons (Fsp3) is 0.692. The van der Waals surface area contributed by atoms with E-state index in [0.29, 0.717) is 0 Å². The Balaban J connectivity index is 1.82. The topological polar surface area (TPSA) is 12.0 Å². The van der Waals surface area contributed by atoms with Gasteiger partial charge in [0.25, 0.3) is 0 Å². The third-order valence-electron chi connectivity index (χ3n) is 3.41. The first-order chi connectivity index (χ1) is 7.65. The first-order valence-electron chi connectivity index (χ1n) is 6.13. The van der Waals surface area contributed by atoms with E-state index in [1.54, 1.807) is 0 Å². The number of hydrogen-bond acceptors (Lipinski definition) is 2. The summed E-state index contributed by atoms with van der Waals surface area (Å²) in [6, 6.07) is 2.99. The van der Waals surface area contributed by atoms with Gasteiger partial charge in [0, 0.05) is 26.8 Å². The highest BCUT2D eigenvalue weighted by atomic mass is 79.9. The van der Waals surface area contributed by atoms with E-state index in [2.05, 4.69) is 41.2 Å². The molecule has 1 heterocycles. The molecular weight excluding hydrogens is 282 g/mol. The van der Waals surface area contributed by atoms with Crippen LogP contribution in [0.2, 0.25) is 0 Å². The summed E-state index contributed by atoms with van der Waals surface area (Å²) in [6.07, 6.45) is 5.52. The van der Waals surface area contributed by atoms with Gasteiger partial charge in [-0.25, -0.2) is 0 Å². The van der Waals surface area contributed by atoms with E-state index in [0.717, 1.165) is 18.5 Å². The van der Waals surface area contributed by atoms with Crippen LogP contribution in [0, 0.1) is 12.8 Å². The van der Waals surface area contributed by atoms with E-state index in [1.807, 2.05) is 11.3 Å². The van der Waals surface area contributed by atoms with E-state index < -0.39 is 0 Å². The molecule has 1 fully saturated rings. The molecule has 90 valence electrons. The number of halogens is 1. The number of aryl methyl sites for hydroxylation is 1. The van der Waals surface area contributed by atoms with Gasteiger partial charge in [-0.05, 0) is 47.7 Å². The summed E-state index contributed by atoms with van der Waals surface area (Å²) >= 11 is 5.47. The third-order valence-corrected chi connectivity index (χ3v) is 5.55. The normalized spacial score (nSPS) is 25.9. The van der Waals surface area contributed by atoms with Crippen LogP contribution in [-0.4, -0.2) is 6.04 Å². The van der Waals surface area contributed by atoms with Gasteiger partial charge in [0.15, 0.2) is 0 Å². The van der Waals surface area contributed by atoms with Gasteiger partial charge in [-0.2, -0.15) is 0 Å². The Hall–Kier alpha value is 0.140. The fourth-order valence-electron chi connectivity index (χ4n) is 2.47. The van der Waals surface area contributed by atoms with Crippen LogP contribution < -0.4 is 5.32 Å². The zero-order chi connectivity index (χ0) is 11.5. The molecule has 1 aromatic rings. The third kappa shape index (κ3) is 3.31. The van der Waals surface area contributed by atoms with Crippen LogP contribution in [0.25, 0.3) is 0 Å². The molecule has 1 N–H and O–H groups in total. The first kappa shape index (κ1) is 12.6. The highest BCUT2D eigenvalue weighted by molar-refractivity contribution is 9.10. The monoisotopic (exact) mass is 301 g/mol. The summed E-state index contributed by atoms with van der Waals surface area (Å²) in [6.45, 7) is 5.58. The van der Waals surface area contributed by atoms with Crippen molar-refractivity contribution in [1.82, 2.24) is 5.32 Å². The van der Waals surface area contributed by atoms with E-state index in [9.17, 15) is 0 Å². The molecule has 1 nitrogen and oxygen atoms in total. The summed E-state index contributed by atoms with van der Waals surface area (Å²) in [4.78, 5) is 2.83. The standard InChI is InChI=1S/C13H20BrNS/c1-9-4-3-5-11(6-9)15-8-12-7-13(14)10(2)16-12/h7,9,11,15H,3-6,8H2,1-2H3. The molecule has 0 aliphatic heterocycles. The molecule has 1 aromatic heterocycles. The van der Waals surface area contributed by atoms with Crippen LogP contribution in [0.1, 0.15) is 42.4 Å². The highest BCUT2D eigenvalue weighted by Gasteiger charge is 2.18. The SMILES string of the molecule is Cc1sc(CNC2CCCC(C)C2)cc1Br. The fourth-order valence-corrected chi connectivity index (χ4v) is 4.02. The zero-order valence-corrected chi connectivity index (χ0v) is 12.5. The second kappa shape index (κ2) is 5.65. The van der Waals surface area contributed by atoms with Gasteiger partial charge >= 0.3 is 0 Å². The van der Waals surface area contributed by atoms with Crippen molar-refractivity contribution in [1.29, 1.82) is 0 Å². The Kier molecular flexibility index (Phi) is 4.45. The lowest BCUT2D eigenvalue weighted by atomic mass is 9.87. The molecule has 0 amide bonds. The molecule has 16 heavy (non-hydrogen) atoms. The van der Waals surface area contributed by atoms with Crippen molar-refractivity contribution in [3.8, 4) is 0 Å². The highest BCUT2D eigenvalue weighted by Crippen LogP contribution is 2.27. The molecule has 1 aliphatic rings. The van der Waals surface area contributed by atoms with Crippen molar-refractivity contribution in [3.63, 3.8) is 0 Å². The number of rotatable bonds is 3. The van der Waals surface area contributed by atoms with Crippen molar-refractivity contribution in [2.75, 3.05) is 0 Å². The van der Waals surface area contributed by atoms with Crippen LogP contribution in [0.5, 0.6) is 0 Å². The summed E-state index contributed by atoms with van der Waals surface area (Å²) < 4.78 is 1.26. The minimum atomic E-state index is 0.741. The molecule has 1 aliphatic carbocycles. The Labute approximate surface area is 111 Å². The van der Waals surface area contributed by atoms with Crippen molar-refractivity contribution >= 4 is 27.3 Å². The number of nitrogens with one attached hydrogen (secondary N) is 1. The van der Waals surface area contributed by atoms with Crippen LogP contribution in [0.3, 0.4) is 0 Å². The minimum absolute atomic E-state index is 0.741. The van der Waals surface area contributed by atoms with Crippen molar-refractivity contribution < 1.29 is 0 Å². The van der Waals surface area contributed by atoms with Gasteiger partial charge in [0.1, 0.15) is 0 Å². The number of thiophene rings is 1. The molecule has 0 saturated heterocycles. The molecule has 0 radical (unpaired) electrons. The maximum absolute atomic E-state index is 3.70. The summed E-state index contributed by atoms with van der Waals surface area (Å²) in [5.74, 6) is 0.906. The molecule has 1 saturated carbocycles. The van der Waals surface area contributed by atoms with Gasteiger partial charge in [-0.3, -0.25) is 0 Å². The van der Waals surface area contributed by atoms with Crippen molar-refractivity contribution in [2.45, 2.75) is 52.1 Å². The van der Waals surface area contributed by atoms with Gasteiger partial charge in [0.05, 0.1) is 0 Å². The quantitative estimate of drug-likeness (QED) is 0.867. The van der Waals surface area contributed by atoms with E-state index >= 15 is 0 Å². The molecular formula is C13H20BrNS. The summed E-state index contributed by atoms with van der Waals surface area (Å²) in [7, 11) is 0. The average molecular weight is 302 g/mol. The second-order valence-electron chi connectivity index (χ2n) is 4.97. The lowest BCUT2D eigenvalue weighted by Crippen LogP contribution is -2.32.